The predicted molar refractivity (Wildman–Crippen MR) is 55.0 cm³/mol. The molecule has 0 N–H and O–H groups in total. The highest BCUT2D eigenvalue weighted by Gasteiger charge is 1.98. The number of benzene rings is 2. The molecule has 13 heavy (non-hydrogen) atoms. The van der Waals surface area contributed by atoms with Crippen LogP contribution in [0.5, 0.6) is 5.75 Å². The quantitative estimate of drug-likeness (QED) is 0.684. The Kier molecular flexibility index (Phi) is 2.33. The molecule has 0 bridgehead atoms. The molecule has 1 unspecified atom stereocenters. The van der Waals surface area contributed by atoms with Gasteiger partial charge in [0.2, 0.25) is 8.69 Å². The highest BCUT2D eigenvalue weighted by molar-refractivity contribution is 7.17. The molecule has 0 saturated carbocycles. The van der Waals surface area contributed by atoms with E-state index in [4.69, 9.17) is 4.52 Å². The Bertz CT molecular complexity index is 434. The lowest BCUT2D eigenvalue weighted by Gasteiger charge is -2.02. The van der Waals surface area contributed by atoms with E-state index in [1.807, 2.05) is 42.5 Å². The van der Waals surface area contributed by atoms with Crippen molar-refractivity contribution in [2.75, 3.05) is 0 Å². The van der Waals surface area contributed by atoms with Crippen molar-refractivity contribution < 1.29 is 9.09 Å². The van der Waals surface area contributed by atoms with Crippen LogP contribution in [0.15, 0.2) is 42.5 Å². The molecule has 0 spiro atoms. The Morgan fingerprint density at radius 2 is 1.77 bits per heavy atom. The molecule has 0 aliphatic heterocycles. The average molecular weight is 192 g/mol. The molecule has 2 nitrogen and oxygen atoms in total. The van der Waals surface area contributed by atoms with Crippen LogP contribution < -0.4 is 4.52 Å². The topological polar surface area (TPSA) is 26.3 Å². The van der Waals surface area contributed by atoms with E-state index in [9.17, 15) is 4.57 Å². The maximum Gasteiger partial charge on any atom is 0.225 e. The third kappa shape index (κ3) is 1.58. The van der Waals surface area contributed by atoms with Gasteiger partial charge < -0.3 is 4.52 Å². The molecule has 0 amide bonds. The Balaban J connectivity index is 2.68. The molecule has 2 aromatic carbocycles. The molecular weight excluding hydrogens is 183 g/mol. The lowest BCUT2D eigenvalue weighted by molar-refractivity contribution is 0.528. The van der Waals surface area contributed by atoms with Gasteiger partial charge in [0.25, 0.3) is 0 Å². The van der Waals surface area contributed by atoms with Crippen molar-refractivity contribution in [3.05, 3.63) is 42.5 Å². The van der Waals surface area contributed by atoms with E-state index < -0.39 is 8.69 Å². The fraction of sp³-hybridized carbons (Fsp3) is 0. The summed E-state index contributed by atoms with van der Waals surface area (Å²) in [5.41, 5.74) is 0. The minimum atomic E-state index is -1.19. The maximum atomic E-state index is 10.4. The van der Waals surface area contributed by atoms with Crippen LogP contribution in [-0.4, -0.2) is 0 Å². The van der Waals surface area contributed by atoms with Crippen LogP contribution in [0, 0.1) is 0 Å². The van der Waals surface area contributed by atoms with Crippen LogP contribution >= 0.6 is 8.69 Å². The van der Waals surface area contributed by atoms with Crippen LogP contribution in [0.1, 0.15) is 0 Å². The second kappa shape index (κ2) is 3.63. The standard InChI is InChI=1S/C10H9O2P/c11-13-12-10-7-3-5-8-4-1-2-6-9(8)10/h1-7H,13H2. The van der Waals surface area contributed by atoms with Gasteiger partial charge in [0.15, 0.2) is 0 Å². The van der Waals surface area contributed by atoms with Gasteiger partial charge in [-0.2, -0.15) is 0 Å². The molecule has 66 valence electrons. The second-order valence-corrected chi connectivity index (χ2v) is 3.12. The van der Waals surface area contributed by atoms with Crippen LogP contribution in [0.4, 0.5) is 0 Å². The summed E-state index contributed by atoms with van der Waals surface area (Å²) >= 11 is 0. The molecule has 0 aromatic heterocycles. The summed E-state index contributed by atoms with van der Waals surface area (Å²) in [6.07, 6.45) is 0. The van der Waals surface area contributed by atoms with E-state index in [0.29, 0.717) is 5.75 Å². The van der Waals surface area contributed by atoms with E-state index in [-0.39, 0.29) is 0 Å². The number of hydrogen-bond acceptors (Lipinski definition) is 2. The molecule has 0 fully saturated rings. The molecule has 0 saturated heterocycles. The summed E-state index contributed by atoms with van der Waals surface area (Å²) in [5.74, 6) is 0.697. The van der Waals surface area contributed by atoms with Crippen LogP contribution in [0.25, 0.3) is 10.8 Å². The van der Waals surface area contributed by atoms with Gasteiger partial charge in [-0.3, -0.25) is 4.57 Å². The number of fused-ring (bicyclic) bond motifs is 1. The zero-order chi connectivity index (χ0) is 9.10. The molecular formula is C10H9O2P. The van der Waals surface area contributed by atoms with Crippen molar-refractivity contribution in [2.45, 2.75) is 0 Å². The first-order valence-electron chi connectivity index (χ1n) is 4.00. The van der Waals surface area contributed by atoms with E-state index in [0.717, 1.165) is 10.8 Å². The van der Waals surface area contributed by atoms with E-state index >= 15 is 0 Å². The fourth-order valence-corrected chi connectivity index (χ4v) is 1.66. The van der Waals surface area contributed by atoms with Crippen LogP contribution in [0.2, 0.25) is 0 Å². The van der Waals surface area contributed by atoms with Crippen molar-refractivity contribution in [2.24, 2.45) is 0 Å². The lowest BCUT2D eigenvalue weighted by atomic mass is 10.1. The van der Waals surface area contributed by atoms with Crippen LogP contribution in [-0.2, 0) is 4.57 Å². The van der Waals surface area contributed by atoms with Gasteiger partial charge in [-0.25, -0.2) is 0 Å². The highest BCUT2D eigenvalue weighted by Crippen LogP contribution is 2.26. The third-order valence-corrected chi connectivity index (χ3v) is 2.27. The summed E-state index contributed by atoms with van der Waals surface area (Å²) in [7, 11) is -1.19. The molecule has 2 rings (SSSR count). The Morgan fingerprint density at radius 3 is 2.62 bits per heavy atom. The first-order chi connectivity index (χ1) is 6.42. The average Bonchev–Trinajstić information content (AvgIpc) is 2.19. The van der Waals surface area contributed by atoms with Gasteiger partial charge in [0.1, 0.15) is 5.75 Å². The van der Waals surface area contributed by atoms with Gasteiger partial charge >= 0.3 is 0 Å². The largest absolute Gasteiger partial charge is 0.446 e. The minimum Gasteiger partial charge on any atom is -0.446 e. The molecule has 1 atom stereocenters. The summed E-state index contributed by atoms with van der Waals surface area (Å²) in [5, 5.41) is 2.11. The number of hydrogen-bond donors (Lipinski definition) is 0. The molecule has 3 heteroatoms. The smallest absolute Gasteiger partial charge is 0.225 e. The third-order valence-electron chi connectivity index (χ3n) is 1.92. The Morgan fingerprint density at radius 1 is 1.00 bits per heavy atom. The van der Waals surface area contributed by atoms with Crippen molar-refractivity contribution >= 4 is 19.5 Å². The van der Waals surface area contributed by atoms with Gasteiger partial charge in [-0.1, -0.05) is 36.4 Å². The minimum absolute atomic E-state index is 0.697. The maximum absolute atomic E-state index is 10.4. The van der Waals surface area contributed by atoms with Crippen molar-refractivity contribution in [3.63, 3.8) is 0 Å². The fourth-order valence-electron chi connectivity index (χ4n) is 1.35. The van der Waals surface area contributed by atoms with Crippen molar-refractivity contribution in [1.82, 2.24) is 0 Å². The normalized spacial score (nSPS) is 11.1. The predicted octanol–water partition coefficient (Wildman–Crippen LogP) is 2.89. The lowest BCUT2D eigenvalue weighted by Crippen LogP contribution is -1.77. The zero-order valence-corrected chi connectivity index (χ0v) is 8.09. The molecule has 0 heterocycles. The van der Waals surface area contributed by atoms with E-state index in [2.05, 4.69) is 0 Å². The summed E-state index contributed by atoms with van der Waals surface area (Å²) in [6.45, 7) is 0. The zero-order valence-electron chi connectivity index (χ0n) is 6.94. The Hall–Kier alpha value is -1.27. The summed E-state index contributed by atoms with van der Waals surface area (Å²) in [4.78, 5) is 0. The van der Waals surface area contributed by atoms with Gasteiger partial charge in [-0.05, 0) is 11.5 Å². The molecule has 0 radical (unpaired) electrons. The van der Waals surface area contributed by atoms with E-state index in [1.165, 1.54) is 0 Å². The molecule has 0 aliphatic rings. The SMILES string of the molecule is O=[PH2]Oc1cccc2ccccc12. The van der Waals surface area contributed by atoms with Crippen molar-refractivity contribution in [3.8, 4) is 5.75 Å². The molecule has 0 aliphatic carbocycles. The monoisotopic (exact) mass is 192 g/mol. The van der Waals surface area contributed by atoms with Gasteiger partial charge in [0.05, 0.1) is 0 Å². The highest BCUT2D eigenvalue weighted by atomic mass is 31.1. The first-order valence-corrected chi connectivity index (χ1v) is 4.94. The van der Waals surface area contributed by atoms with E-state index in [1.54, 1.807) is 0 Å². The summed E-state index contributed by atoms with van der Waals surface area (Å²) in [6, 6.07) is 13.6. The van der Waals surface area contributed by atoms with Gasteiger partial charge in [0, 0.05) is 5.39 Å². The Labute approximate surface area is 77.4 Å². The van der Waals surface area contributed by atoms with Gasteiger partial charge in [-0.15, -0.1) is 0 Å². The second-order valence-electron chi connectivity index (χ2n) is 2.69. The van der Waals surface area contributed by atoms with Crippen molar-refractivity contribution in [1.29, 1.82) is 0 Å². The van der Waals surface area contributed by atoms with Crippen LogP contribution in [0.3, 0.4) is 0 Å². The summed E-state index contributed by atoms with van der Waals surface area (Å²) < 4.78 is 15.5. The first kappa shape index (κ1) is 8.33. The molecule has 2 aromatic rings. The number of rotatable bonds is 2.